The normalized spacial score (nSPS) is 25.6. The van der Waals surface area contributed by atoms with Crippen LogP contribution in [0, 0.1) is 10.1 Å². The zero-order chi connectivity index (χ0) is 13.4. The molecule has 0 N–H and O–H groups in total. The number of halogens is 1. The number of hydrogen-bond donors (Lipinski definition) is 0. The second-order valence-corrected chi connectivity index (χ2v) is 5.64. The molecule has 0 aliphatic carbocycles. The molecule has 0 spiro atoms. The summed E-state index contributed by atoms with van der Waals surface area (Å²) >= 11 is 3.33. The number of anilines is 1. The highest BCUT2D eigenvalue weighted by Gasteiger charge is 2.35. The third-order valence-electron chi connectivity index (χ3n) is 3.78. The summed E-state index contributed by atoms with van der Waals surface area (Å²) in [7, 11) is 0. The van der Waals surface area contributed by atoms with E-state index in [1.54, 1.807) is 6.07 Å². The van der Waals surface area contributed by atoms with Crippen molar-refractivity contribution in [3.8, 4) is 0 Å². The lowest BCUT2D eigenvalue weighted by Gasteiger charge is -2.33. The molecule has 2 bridgehead atoms. The molecule has 1 aromatic rings. The van der Waals surface area contributed by atoms with Crippen molar-refractivity contribution in [3.05, 3.63) is 33.9 Å². The number of nitro benzene ring substituents is 1. The van der Waals surface area contributed by atoms with Crippen LogP contribution >= 0.6 is 15.9 Å². The highest BCUT2D eigenvalue weighted by molar-refractivity contribution is 9.08. The molecule has 2 aliphatic heterocycles. The summed E-state index contributed by atoms with van der Waals surface area (Å²) in [4.78, 5) is 13.0. The lowest BCUT2D eigenvalue weighted by Crippen LogP contribution is -2.42. The number of rotatable bonds is 3. The zero-order valence-electron chi connectivity index (χ0n) is 10.4. The summed E-state index contributed by atoms with van der Waals surface area (Å²) in [5.74, 6) is 0. The van der Waals surface area contributed by atoms with Gasteiger partial charge in [-0.2, -0.15) is 0 Å². The molecular weight excluding hydrogens is 312 g/mol. The van der Waals surface area contributed by atoms with Crippen molar-refractivity contribution in [1.82, 2.24) is 0 Å². The van der Waals surface area contributed by atoms with Gasteiger partial charge in [0.05, 0.1) is 17.1 Å². The van der Waals surface area contributed by atoms with Crippen molar-refractivity contribution >= 4 is 27.3 Å². The van der Waals surface area contributed by atoms with Crippen molar-refractivity contribution in [3.63, 3.8) is 0 Å². The van der Waals surface area contributed by atoms with E-state index in [-0.39, 0.29) is 22.8 Å². The Labute approximate surface area is 119 Å². The molecular formula is C13H15BrN2O3. The quantitative estimate of drug-likeness (QED) is 0.487. The van der Waals surface area contributed by atoms with Crippen LogP contribution in [0.2, 0.25) is 0 Å². The largest absolute Gasteiger partial charge is 0.371 e. The van der Waals surface area contributed by atoms with E-state index in [2.05, 4.69) is 20.8 Å². The number of nitro groups is 1. The van der Waals surface area contributed by atoms with E-state index in [0.717, 1.165) is 37.2 Å². The first kappa shape index (κ1) is 12.9. The Hall–Kier alpha value is -1.14. The second-order valence-electron chi connectivity index (χ2n) is 5.08. The van der Waals surface area contributed by atoms with E-state index in [9.17, 15) is 10.1 Å². The number of ether oxygens (including phenoxy) is 1. The maximum absolute atomic E-state index is 11.2. The van der Waals surface area contributed by atoms with Gasteiger partial charge in [-0.25, -0.2) is 0 Å². The fourth-order valence-corrected chi connectivity index (χ4v) is 3.23. The second kappa shape index (κ2) is 5.09. The van der Waals surface area contributed by atoms with Crippen molar-refractivity contribution < 1.29 is 9.66 Å². The van der Waals surface area contributed by atoms with Crippen LogP contribution in [-0.4, -0.2) is 30.2 Å². The Morgan fingerprint density at radius 2 is 2.05 bits per heavy atom. The molecule has 0 radical (unpaired) electrons. The van der Waals surface area contributed by atoms with E-state index in [0.29, 0.717) is 5.33 Å². The van der Waals surface area contributed by atoms with E-state index < -0.39 is 0 Å². The van der Waals surface area contributed by atoms with Gasteiger partial charge in [0.1, 0.15) is 5.69 Å². The molecule has 2 aliphatic rings. The van der Waals surface area contributed by atoms with Gasteiger partial charge in [0, 0.05) is 24.5 Å². The van der Waals surface area contributed by atoms with Crippen LogP contribution < -0.4 is 4.90 Å². The number of fused-ring (bicyclic) bond motifs is 2. The predicted octanol–water partition coefficient (Wildman–Crippen LogP) is 2.86. The number of benzene rings is 1. The first-order chi connectivity index (χ1) is 9.17. The first-order valence-electron chi connectivity index (χ1n) is 6.41. The standard InChI is InChI=1S/C13H15BrN2O3/c14-6-9-1-4-12(13(5-9)16(17)18)15-7-10-2-3-11(8-15)19-10/h1,4-5,10-11H,2-3,6-8H2. The Bertz CT molecular complexity index is 497. The lowest BCUT2D eigenvalue weighted by molar-refractivity contribution is -0.384. The van der Waals surface area contributed by atoms with Crippen LogP contribution in [-0.2, 0) is 10.1 Å². The molecule has 2 heterocycles. The Kier molecular flexibility index (Phi) is 3.45. The molecule has 2 saturated heterocycles. The summed E-state index contributed by atoms with van der Waals surface area (Å²) in [5.41, 5.74) is 1.83. The van der Waals surface area contributed by atoms with Crippen LogP contribution in [0.15, 0.2) is 18.2 Å². The topological polar surface area (TPSA) is 55.6 Å². The third kappa shape index (κ3) is 2.47. The average molecular weight is 327 g/mol. The van der Waals surface area contributed by atoms with Gasteiger partial charge >= 0.3 is 0 Å². The molecule has 102 valence electrons. The average Bonchev–Trinajstić information content (AvgIpc) is 2.76. The van der Waals surface area contributed by atoms with E-state index in [1.807, 2.05) is 12.1 Å². The van der Waals surface area contributed by atoms with Crippen molar-refractivity contribution in [2.24, 2.45) is 0 Å². The smallest absolute Gasteiger partial charge is 0.292 e. The fourth-order valence-electron chi connectivity index (χ4n) is 2.88. The molecule has 0 saturated carbocycles. The summed E-state index contributed by atoms with van der Waals surface area (Å²) in [6, 6.07) is 5.45. The van der Waals surface area contributed by atoms with Crippen LogP contribution in [0.3, 0.4) is 0 Å². The number of nitrogens with zero attached hydrogens (tertiary/aromatic N) is 2. The van der Waals surface area contributed by atoms with Crippen molar-refractivity contribution in [2.75, 3.05) is 18.0 Å². The Morgan fingerprint density at radius 1 is 1.37 bits per heavy atom. The number of morpholine rings is 1. The highest BCUT2D eigenvalue weighted by atomic mass is 79.9. The minimum atomic E-state index is -0.293. The van der Waals surface area contributed by atoms with Gasteiger partial charge in [-0.05, 0) is 24.5 Å². The van der Waals surface area contributed by atoms with Gasteiger partial charge < -0.3 is 9.64 Å². The van der Waals surface area contributed by atoms with E-state index in [1.165, 1.54) is 0 Å². The number of alkyl halides is 1. The van der Waals surface area contributed by atoms with Gasteiger partial charge in [0.25, 0.3) is 5.69 Å². The zero-order valence-corrected chi connectivity index (χ0v) is 12.0. The first-order valence-corrected chi connectivity index (χ1v) is 7.53. The van der Waals surface area contributed by atoms with Crippen LogP contribution in [0.5, 0.6) is 0 Å². The van der Waals surface area contributed by atoms with E-state index >= 15 is 0 Å². The molecule has 3 rings (SSSR count). The van der Waals surface area contributed by atoms with Gasteiger partial charge in [0.15, 0.2) is 0 Å². The Balaban J connectivity index is 1.93. The van der Waals surface area contributed by atoms with Gasteiger partial charge in [-0.3, -0.25) is 10.1 Å². The molecule has 0 aromatic heterocycles. The molecule has 5 nitrogen and oxygen atoms in total. The Morgan fingerprint density at radius 3 is 2.63 bits per heavy atom. The van der Waals surface area contributed by atoms with Gasteiger partial charge in [0.2, 0.25) is 0 Å². The minimum absolute atomic E-state index is 0.193. The molecule has 0 amide bonds. The summed E-state index contributed by atoms with van der Waals surface area (Å²) in [5, 5.41) is 11.9. The third-order valence-corrected chi connectivity index (χ3v) is 4.42. The molecule has 2 fully saturated rings. The van der Waals surface area contributed by atoms with Gasteiger partial charge in [-0.15, -0.1) is 0 Å². The molecule has 6 heteroatoms. The summed E-state index contributed by atoms with van der Waals surface area (Å²) in [6.45, 7) is 1.51. The monoisotopic (exact) mass is 326 g/mol. The van der Waals surface area contributed by atoms with Crippen molar-refractivity contribution in [2.45, 2.75) is 30.4 Å². The molecule has 2 atom stereocenters. The molecule has 2 unspecified atom stereocenters. The minimum Gasteiger partial charge on any atom is -0.371 e. The highest BCUT2D eigenvalue weighted by Crippen LogP contribution is 2.35. The SMILES string of the molecule is O=[N+]([O-])c1cc(CBr)ccc1N1CC2CCC(C1)O2. The maximum atomic E-state index is 11.2. The summed E-state index contributed by atoms with van der Waals surface area (Å²) < 4.78 is 5.78. The van der Waals surface area contributed by atoms with Crippen LogP contribution in [0.25, 0.3) is 0 Å². The fraction of sp³-hybridized carbons (Fsp3) is 0.538. The lowest BCUT2D eigenvalue weighted by atomic mass is 10.1. The molecule has 19 heavy (non-hydrogen) atoms. The summed E-state index contributed by atoms with van der Waals surface area (Å²) in [6.07, 6.45) is 2.59. The van der Waals surface area contributed by atoms with E-state index in [4.69, 9.17) is 4.74 Å². The predicted molar refractivity (Wildman–Crippen MR) is 75.8 cm³/mol. The van der Waals surface area contributed by atoms with Crippen molar-refractivity contribution in [1.29, 1.82) is 0 Å². The van der Waals surface area contributed by atoms with Crippen LogP contribution in [0.1, 0.15) is 18.4 Å². The number of hydrogen-bond acceptors (Lipinski definition) is 4. The van der Waals surface area contributed by atoms with Gasteiger partial charge in [-0.1, -0.05) is 22.0 Å². The maximum Gasteiger partial charge on any atom is 0.292 e. The molecule has 1 aromatic carbocycles. The van der Waals surface area contributed by atoms with Crippen LogP contribution in [0.4, 0.5) is 11.4 Å².